The van der Waals surface area contributed by atoms with E-state index in [0.29, 0.717) is 11.3 Å². The number of nitrogens with two attached hydrogens (primary N) is 2. The average molecular weight is 194 g/mol. The monoisotopic (exact) mass is 194 g/mol. The highest BCUT2D eigenvalue weighted by Gasteiger charge is 2.25. The molecular weight excluding hydrogens is 184 g/mol. The summed E-state index contributed by atoms with van der Waals surface area (Å²) in [6.45, 7) is 0. The van der Waals surface area contributed by atoms with Crippen molar-refractivity contribution in [2.45, 2.75) is 6.42 Å². The van der Waals surface area contributed by atoms with E-state index in [1.54, 1.807) is 0 Å². The third-order valence-electron chi connectivity index (χ3n) is 2.03. The van der Waals surface area contributed by atoms with Crippen LogP contribution in [0.1, 0.15) is 6.42 Å². The molecule has 0 aromatic carbocycles. The lowest BCUT2D eigenvalue weighted by Crippen LogP contribution is -2.18. The van der Waals surface area contributed by atoms with Gasteiger partial charge in [0.2, 0.25) is 0 Å². The summed E-state index contributed by atoms with van der Waals surface area (Å²) >= 11 is 0. The Morgan fingerprint density at radius 3 is 2.64 bits per heavy atom. The standard InChI is InChI=1S/C9H10N2O3/c10-6-3-8(11)14-9-5(6)1-4(12)2-7(9)13/h2-3,12-13H,1,10-11H2. The van der Waals surface area contributed by atoms with Crippen LogP contribution < -0.4 is 11.5 Å². The second-order valence-electron chi connectivity index (χ2n) is 3.11. The molecule has 2 rings (SSSR count). The first-order valence-electron chi connectivity index (χ1n) is 4.04. The molecule has 1 aliphatic carbocycles. The summed E-state index contributed by atoms with van der Waals surface area (Å²) in [4.78, 5) is 0. The second kappa shape index (κ2) is 2.73. The van der Waals surface area contributed by atoms with Crippen LogP contribution in [-0.2, 0) is 4.74 Å². The van der Waals surface area contributed by atoms with E-state index in [2.05, 4.69) is 0 Å². The van der Waals surface area contributed by atoms with Crippen LogP contribution in [0.5, 0.6) is 0 Å². The smallest absolute Gasteiger partial charge is 0.193 e. The Bertz CT molecular complexity index is 376. The minimum absolute atomic E-state index is 0.0432. The maximum atomic E-state index is 9.46. The van der Waals surface area contributed by atoms with E-state index in [1.807, 2.05) is 0 Å². The van der Waals surface area contributed by atoms with Crippen molar-refractivity contribution in [2.24, 2.45) is 11.5 Å². The van der Waals surface area contributed by atoms with Crippen LogP contribution >= 0.6 is 0 Å². The van der Waals surface area contributed by atoms with E-state index in [9.17, 15) is 10.2 Å². The maximum absolute atomic E-state index is 9.46. The molecule has 0 unspecified atom stereocenters. The average Bonchev–Trinajstić information content (AvgIpc) is 2.07. The quantitative estimate of drug-likeness (QED) is 0.453. The van der Waals surface area contributed by atoms with E-state index < -0.39 is 0 Å². The molecule has 0 atom stereocenters. The normalized spacial score (nSPS) is 21.1. The van der Waals surface area contributed by atoms with Crippen molar-refractivity contribution in [2.75, 3.05) is 0 Å². The van der Waals surface area contributed by atoms with Crippen molar-refractivity contribution in [1.29, 1.82) is 0 Å². The van der Waals surface area contributed by atoms with Gasteiger partial charge in [-0.1, -0.05) is 0 Å². The first-order valence-corrected chi connectivity index (χ1v) is 4.04. The Kier molecular flexibility index (Phi) is 1.67. The van der Waals surface area contributed by atoms with Gasteiger partial charge >= 0.3 is 0 Å². The van der Waals surface area contributed by atoms with E-state index in [-0.39, 0.29) is 29.6 Å². The summed E-state index contributed by atoms with van der Waals surface area (Å²) in [6.07, 6.45) is 2.91. The molecule has 1 heterocycles. The molecule has 0 fully saturated rings. The lowest BCUT2D eigenvalue weighted by Gasteiger charge is -2.22. The van der Waals surface area contributed by atoms with Crippen LogP contribution in [0.3, 0.4) is 0 Å². The molecule has 1 aliphatic heterocycles. The van der Waals surface area contributed by atoms with Crippen molar-refractivity contribution in [3.63, 3.8) is 0 Å². The summed E-state index contributed by atoms with van der Waals surface area (Å²) < 4.78 is 5.10. The van der Waals surface area contributed by atoms with Crippen molar-refractivity contribution in [1.82, 2.24) is 0 Å². The van der Waals surface area contributed by atoms with Crippen molar-refractivity contribution in [3.8, 4) is 0 Å². The SMILES string of the molecule is NC1=CC(N)=C2CC(O)=CC(O)=C2O1. The van der Waals surface area contributed by atoms with Crippen LogP contribution in [0.25, 0.3) is 0 Å². The number of hydrogen-bond donors (Lipinski definition) is 4. The van der Waals surface area contributed by atoms with Crippen molar-refractivity contribution < 1.29 is 14.9 Å². The second-order valence-corrected chi connectivity index (χ2v) is 3.11. The Morgan fingerprint density at radius 1 is 1.21 bits per heavy atom. The van der Waals surface area contributed by atoms with Gasteiger partial charge in [-0.3, -0.25) is 0 Å². The fraction of sp³-hybridized carbons (Fsp3) is 0.111. The zero-order chi connectivity index (χ0) is 10.3. The number of ether oxygens (including phenoxy) is 1. The van der Waals surface area contributed by atoms with Gasteiger partial charge in [0, 0.05) is 29.8 Å². The topological polar surface area (TPSA) is 102 Å². The predicted octanol–water partition coefficient (Wildman–Crippen LogP) is 0.645. The van der Waals surface area contributed by atoms with Gasteiger partial charge in [0.05, 0.1) is 0 Å². The molecule has 6 N–H and O–H groups in total. The Morgan fingerprint density at radius 2 is 1.93 bits per heavy atom. The molecule has 0 radical (unpaired) electrons. The number of aliphatic hydroxyl groups is 2. The van der Waals surface area contributed by atoms with Crippen LogP contribution in [0.2, 0.25) is 0 Å². The molecule has 0 bridgehead atoms. The van der Waals surface area contributed by atoms with Crippen LogP contribution in [0.4, 0.5) is 0 Å². The molecule has 0 aromatic rings. The van der Waals surface area contributed by atoms with Crippen molar-refractivity contribution in [3.05, 3.63) is 46.6 Å². The predicted molar refractivity (Wildman–Crippen MR) is 49.6 cm³/mol. The maximum Gasteiger partial charge on any atom is 0.193 e. The van der Waals surface area contributed by atoms with Gasteiger partial charge in [-0.15, -0.1) is 0 Å². The summed E-state index contributed by atoms with van der Waals surface area (Å²) in [5.74, 6) is 0.229. The van der Waals surface area contributed by atoms with Gasteiger partial charge in [-0.25, -0.2) is 0 Å². The molecule has 14 heavy (non-hydrogen) atoms. The van der Waals surface area contributed by atoms with E-state index in [1.165, 1.54) is 12.2 Å². The molecule has 0 spiro atoms. The number of allylic oxidation sites excluding steroid dienone is 4. The molecule has 0 saturated carbocycles. The van der Waals surface area contributed by atoms with Gasteiger partial charge in [-0.2, -0.15) is 0 Å². The highest BCUT2D eigenvalue weighted by atomic mass is 16.5. The van der Waals surface area contributed by atoms with Crippen LogP contribution in [0, 0.1) is 0 Å². The number of fused-ring (bicyclic) bond motifs is 1. The minimum Gasteiger partial charge on any atom is -0.512 e. The minimum atomic E-state index is -0.164. The fourth-order valence-electron chi connectivity index (χ4n) is 1.43. The molecule has 2 aliphatic rings. The molecule has 0 amide bonds. The van der Waals surface area contributed by atoms with E-state index in [4.69, 9.17) is 16.2 Å². The van der Waals surface area contributed by atoms with E-state index >= 15 is 0 Å². The zero-order valence-corrected chi connectivity index (χ0v) is 7.32. The van der Waals surface area contributed by atoms with Gasteiger partial charge in [0.25, 0.3) is 0 Å². The number of hydrogen-bond acceptors (Lipinski definition) is 5. The summed E-state index contributed by atoms with van der Waals surface area (Å²) in [7, 11) is 0. The van der Waals surface area contributed by atoms with Gasteiger partial charge in [0.15, 0.2) is 17.4 Å². The Balaban J connectivity index is 2.55. The molecule has 5 heteroatoms. The zero-order valence-electron chi connectivity index (χ0n) is 7.32. The lowest BCUT2D eigenvalue weighted by molar-refractivity contribution is 0.259. The lowest BCUT2D eigenvalue weighted by atomic mass is 9.99. The summed E-state index contributed by atoms with van der Waals surface area (Å²) in [6, 6.07) is 0. The van der Waals surface area contributed by atoms with Gasteiger partial charge in [0.1, 0.15) is 5.76 Å². The van der Waals surface area contributed by atoms with Crippen molar-refractivity contribution >= 4 is 0 Å². The van der Waals surface area contributed by atoms with Crippen LogP contribution in [-0.4, -0.2) is 10.2 Å². The van der Waals surface area contributed by atoms with E-state index in [0.717, 1.165) is 0 Å². The highest BCUT2D eigenvalue weighted by Crippen LogP contribution is 2.32. The molecule has 74 valence electrons. The summed E-state index contributed by atoms with van der Waals surface area (Å²) in [5.41, 5.74) is 12.0. The molecular formula is C9H10N2O3. The Hall–Kier alpha value is -2.04. The number of aliphatic hydroxyl groups excluding tert-OH is 2. The Labute approximate surface area is 80.3 Å². The molecule has 0 saturated heterocycles. The van der Waals surface area contributed by atoms with Gasteiger partial charge in [-0.05, 0) is 0 Å². The third kappa shape index (κ3) is 1.19. The first-order chi connectivity index (χ1) is 6.58. The largest absolute Gasteiger partial charge is 0.512 e. The van der Waals surface area contributed by atoms with Crippen LogP contribution in [0.15, 0.2) is 46.6 Å². The van der Waals surface area contributed by atoms with Gasteiger partial charge < -0.3 is 26.4 Å². The first kappa shape index (κ1) is 8.55. The fourth-order valence-corrected chi connectivity index (χ4v) is 1.43. The molecule has 5 nitrogen and oxygen atoms in total. The highest BCUT2D eigenvalue weighted by molar-refractivity contribution is 5.47. The third-order valence-corrected chi connectivity index (χ3v) is 2.03. The summed E-state index contributed by atoms with van der Waals surface area (Å²) in [5, 5.41) is 18.7. The number of rotatable bonds is 0. The molecule has 0 aromatic heterocycles.